The summed E-state index contributed by atoms with van der Waals surface area (Å²) in [6, 6.07) is 10.6. The van der Waals surface area contributed by atoms with Gasteiger partial charge in [0.15, 0.2) is 16.6 Å². The van der Waals surface area contributed by atoms with Crippen LogP contribution in [0, 0.1) is 0 Å². The molecule has 0 unspecified atom stereocenters. The minimum atomic E-state index is 0.307. The Balaban J connectivity index is 2.00. The maximum absolute atomic E-state index is 6.06. The van der Waals surface area contributed by atoms with Gasteiger partial charge >= 0.3 is 0 Å². The van der Waals surface area contributed by atoms with E-state index in [-0.39, 0.29) is 0 Å². The minimum absolute atomic E-state index is 0.307. The van der Waals surface area contributed by atoms with Gasteiger partial charge in [-0.2, -0.15) is 5.10 Å². The van der Waals surface area contributed by atoms with Crippen LogP contribution in [0.2, 0.25) is 10.0 Å². The number of methoxy groups -OCH3 is 2. The first-order valence-corrected chi connectivity index (χ1v) is 7.97. The average molecular weight is 384 g/mol. The largest absolute Gasteiger partial charge is 0.493 e. The van der Waals surface area contributed by atoms with Crippen LogP contribution in [0.15, 0.2) is 41.5 Å². The van der Waals surface area contributed by atoms with Crippen LogP contribution < -0.4 is 20.2 Å². The Hall–Kier alpha value is -2.02. The molecule has 24 heavy (non-hydrogen) atoms. The fourth-order valence-corrected chi connectivity index (χ4v) is 2.53. The molecule has 0 saturated heterocycles. The summed E-state index contributed by atoms with van der Waals surface area (Å²) in [5, 5.41) is 8.34. The van der Waals surface area contributed by atoms with Gasteiger partial charge in [-0.1, -0.05) is 29.3 Å². The lowest BCUT2D eigenvalue weighted by Crippen LogP contribution is -2.23. The van der Waals surface area contributed by atoms with E-state index in [9.17, 15) is 0 Å². The van der Waals surface area contributed by atoms with Crippen LogP contribution in [0.1, 0.15) is 5.56 Å². The number of nitrogens with zero attached hydrogens (tertiary/aromatic N) is 1. The van der Waals surface area contributed by atoms with Gasteiger partial charge in [0.05, 0.1) is 30.5 Å². The molecule has 0 bridgehead atoms. The molecule has 0 aromatic heterocycles. The van der Waals surface area contributed by atoms with E-state index < -0.39 is 0 Å². The molecule has 0 radical (unpaired) electrons. The van der Waals surface area contributed by atoms with Crippen LogP contribution in [0.5, 0.6) is 11.5 Å². The Kier molecular flexibility index (Phi) is 6.66. The lowest BCUT2D eigenvalue weighted by Gasteiger charge is -2.11. The maximum atomic E-state index is 6.06. The highest BCUT2D eigenvalue weighted by Gasteiger charge is 2.06. The molecule has 0 fully saturated rings. The van der Waals surface area contributed by atoms with Crippen molar-refractivity contribution >= 4 is 52.4 Å². The Labute approximate surface area is 155 Å². The third-order valence-electron chi connectivity index (χ3n) is 3.00. The Morgan fingerprint density at radius 3 is 2.38 bits per heavy atom. The zero-order valence-corrected chi connectivity index (χ0v) is 15.3. The zero-order chi connectivity index (χ0) is 17.5. The smallest absolute Gasteiger partial charge is 0.191 e. The number of anilines is 1. The second-order valence-electron chi connectivity index (χ2n) is 4.53. The number of rotatable bonds is 5. The summed E-state index contributed by atoms with van der Waals surface area (Å²) in [4.78, 5) is 0. The number of ether oxygens (including phenoxy) is 2. The Bertz CT molecular complexity index is 749. The molecule has 2 aromatic rings. The number of hydrogen-bond acceptors (Lipinski definition) is 4. The molecule has 126 valence electrons. The summed E-state index contributed by atoms with van der Waals surface area (Å²) in [6.45, 7) is 0. The molecular formula is C16H15Cl2N3O2S. The summed E-state index contributed by atoms with van der Waals surface area (Å²) in [6.07, 6.45) is 1.51. The molecule has 2 N–H and O–H groups in total. The van der Waals surface area contributed by atoms with Crippen molar-refractivity contribution in [2.75, 3.05) is 19.5 Å². The number of nitrogens with one attached hydrogen (secondary N) is 2. The van der Waals surface area contributed by atoms with Crippen molar-refractivity contribution in [1.82, 2.24) is 5.43 Å². The quantitative estimate of drug-likeness (QED) is 0.457. The molecular weight excluding hydrogens is 369 g/mol. The summed E-state index contributed by atoms with van der Waals surface area (Å²) < 4.78 is 10.4. The van der Waals surface area contributed by atoms with Crippen molar-refractivity contribution in [2.45, 2.75) is 0 Å². The molecule has 2 rings (SSSR count). The topological polar surface area (TPSA) is 54.9 Å². The van der Waals surface area contributed by atoms with Gasteiger partial charge in [-0.3, -0.25) is 5.43 Å². The highest BCUT2D eigenvalue weighted by molar-refractivity contribution is 7.80. The molecule has 0 amide bonds. The molecule has 0 aliphatic heterocycles. The van der Waals surface area contributed by atoms with Crippen molar-refractivity contribution in [1.29, 1.82) is 0 Å². The van der Waals surface area contributed by atoms with E-state index in [2.05, 4.69) is 15.8 Å². The fourth-order valence-electron chi connectivity index (χ4n) is 1.86. The van der Waals surface area contributed by atoms with Gasteiger partial charge in [-0.15, -0.1) is 0 Å². The normalized spacial score (nSPS) is 10.5. The van der Waals surface area contributed by atoms with E-state index in [1.807, 2.05) is 6.07 Å². The lowest BCUT2D eigenvalue weighted by atomic mass is 10.2. The molecule has 8 heteroatoms. The first-order valence-electron chi connectivity index (χ1n) is 6.81. The second-order valence-corrected chi connectivity index (χ2v) is 5.75. The zero-order valence-electron chi connectivity index (χ0n) is 13.0. The second kappa shape index (κ2) is 8.73. The number of halogens is 2. The lowest BCUT2D eigenvalue weighted by molar-refractivity contribution is 0.355. The van der Waals surface area contributed by atoms with Crippen molar-refractivity contribution in [2.24, 2.45) is 5.10 Å². The Morgan fingerprint density at radius 2 is 1.75 bits per heavy atom. The summed E-state index contributed by atoms with van der Waals surface area (Å²) in [5.41, 5.74) is 4.05. The predicted octanol–water partition coefficient (Wildman–Crippen LogP) is 4.33. The maximum Gasteiger partial charge on any atom is 0.191 e. The van der Waals surface area contributed by atoms with E-state index >= 15 is 0 Å². The highest BCUT2D eigenvalue weighted by atomic mass is 35.5. The predicted molar refractivity (Wildman–Crippen MR) is 103 cm³/mol. The SMILES string of the molecule is COc1ccc(NC(=S)N/N=C\c2c(Cl)cccc2Cl)cc1OC. The van der Waals surface area contributed by atoms with E-state index in [0.29, 0.717) is 32.2 Å². The third kappa shape index (κ3) is 4.74. The monoisotopic (exact) mass is 383 g/mol. The van der Waals surface area contributed by atoms with E-state index in [1.54, 1.807) is 44.6 Å². The first kappa shape index (κ1) is 18.3. The van der Waals surface area contributed by atoms with E-state index in [4.69, 9.17) is 44.9 Å². The van der Waals surface area contributed by atoms with Crippen LogP contribution >= 0.6 is 35.4 Å². The molecule has 0 atom stereocenters. The van der Waals surface area contributed by atoms with E-state index in [1.165, 1.54) is 6.21 Å². The van der Waals surface area contributed by atoms with Gasteiger partial charge in [-0.05, 0) is 36.5 Å². The highest BCUT2D eigenvalue weighted by Crippen LogP contribution is 2.29. The van der Waals surface area contributed by atoms with Gasteiger partial charge in [0.2, 0.25) is 0 Å². The van der Waals surface area contributed by atoms with Crippen molar-refractivity contribution in [3.8, 4) is 11.5 Å². The molecule has 0 aliphatic rings. The van der Waals surface area contributed by atoms with Crippen LogP contribution in [0.25, 0.3) is 0 Å². The van der Waals surface area contributed by atoms with Gasteiger partial charge in [0.1, 0.15) is 0 Å². The molecule has 2 aromatic carbocycles. The van der Waals surface area contributed by atoms with Gasteiger partial charge < -0.3 is 14.8 Å². The molecule has 0 aliphatic carbocycles. The van der Waals surface area contributed by atoms with Gasteiger partial charge in [-0.25, -0.2) is 0 Å². The van der Waals surface area contributed by atoms with Gasteiger partial charge in [0, 0.05) is 17.3 Å². The average Bonchev–Trinajstić information content (AvgIpc) is 2.57. The Morgan fingerprint density at radius 1 is 1.08 bits per heavy atom. The number of thiocarbonyl (C=S) groups is 1. The molecule has 0 spiro atoms. The van der Waals surface area contributed by atoms with Crippen LogP contribution in [-0.4, -0.2) is 25.5 Å². The summed E-state index contributed by atoms with van der Waals surface area (Å²) in [7, 11) is 3.14. The van der Waals surface area contributed by atoms with Crippen molar-refractivity contribution in [3.63, 3.8) is 0 Å². The third-order valence-corrected chi connectivity index (χ3v) is 3.85. The molecule has 0 heterocycles. The van der Waals surface area contributed by atoms with E-state index in [0.717, 1.165) is 5.69 Å². The first-order chi connectivity index (χ1) is 11.5. The molecule has 0 saturated carbocycles. The minimum Gasteiger partial charge on any atom is -0.493 e. The van der Waals surface area contributed by atoms with Crippen molar-refractivity contribution < 1.29 is 9.47 Å². The number of hydrazone groups is 1. The summed E-state index contributed by atoms with van der Waals surface area (Å²) >= 11 is 17.3. The van der Waals surface area contributed by atoms with Crippen LogP contribution in [0.3, 0.4) is 0 Å². The summed E-state index contributed by atoms with van der Waals surface area (Å²) in [5.74, 6) is 1.23. The standard InChI is InChI=1S/C16H15Cl2N3O2S/c1-22-14-7-6-10(8-15(14)23-2)20-16(24)21-19-9-11-12(17)4-3-5-13(11)18/h3-9H,1-2H3,(H2,20,21,24)/b19-9-. The fraction of sp³-hybridized carbons (Fsp3) is 0.125. The van der Waals surface area contributed by atoms with Crippen LogP contribution in [-0.2, 0) is 0 Å². The molecule has 5 nitrogen and oxygen atoms in total. The van der Waals surface area contributed by atoms with Gasteiger partial charge in [0.25, 0.3) is 0 Å². The number of hydrogen-bond donors (Lipinski definition) is 2. The van der Waals surface area contributed by atoms with Crippen LogP contribution in [0.4, 0.5) is 5.69 Å². The number of benzene rings is 2. The van der Waals surface area contributed by atoms with Crippen molar-refractivity contribution in [3.05, 3.63) is 52.0 Å².